The van der Waals surface area contributed by atoms with Crippen molar-refractivity contribution in [3.05, 3.63) is 65.7 Å². The highest BCUT2D eigenvalue weighted by molar-refractivity contribution is 7.89. The van der Waals surface area contributed by atoms with Gasteiger partial charge in [0.15, 0.2) is 0 Å². The summed E-state index contributed by atoms with van der Waals surface area (Å²) in [5.41, 5.74) is 2.19. The second-order valence-electron chi connectivity index (χ2n) is 8.47. The van der Waals surface area contributed by atoms with Crippen molar-refractivity contribution >= 4 is 21.8 Å². The monoisotopic (exact) mass is 471 g/mol. The van der Waals surface area contributed by atoms with E-state index in [1.165, 1.54) is 5.56 Å². The van der Waals surface area contributed by atoms with Crippen molar-refractivity contribution in [2.75, 3.05) is 19.6 Å². The summed E-state index contributed by atoms with van der Waals surface area (Å²) >= 11 is 0. The van der Waals surface area contributed by atoms with E-state index >= 15 is 0 Å². The van der Waals surface area contributed by atoms with Gasteiger partial charge in [-0.05, 0) is 56.7 Å². The molecule has 2 aromatic rings. The third kappa shape index (κ3) is 7.14. The van der Waals surface area contributed by atoms with Gasteiger partial charge in [-0.3, -0.25) is 9.59 Å². The van der Waals surface area contributed by atoms with Crippen molar-refractivity contribution in [2.45, 2.75) is 56.4 Å². The molecular formula is C25H33N3O4S. The van der Waals surface area contributed by atoms with Gasteiger partial charge in [0.1, 0.15) is 0 Å². The average molecular weight is 472 g/mol. The summed E-state index contributed by atoms with van der Waals surface area (Å²) in [4.78, 5) is 24.5. The number of nitrogens with zero attached hydrogens (tertiary/aromatic N) is 1. The zero-order valence-corrected chi connectivity index (χ0v) is 19.9. The maximum absolute atomic E-state index is 13.1. The predicted molar refractivity (Wildman–Crippen MR) is 128 cm³/mol. The maximum Gasteiger partial charge on any atom is 0.309 e. The van der Waals surface area contributed by atoms with Gasteiger partial charge in [0, 0.05) is 25.7 Å². The summed E-state index contributed by atoms with van der Waals surface area (Å²) in [7, 11) is -3.59. The van der Waals surface area contributed by atoms with Gasteiger partial charge in [-0.25, -0.2) is 8.42 Å². The van der Waals surface area contributed by atoms with Crippen molar-refractivity contribution in [1.82, 2.24) is 14.9 Å². The lowest BCUT2D eigenvalue weighted by molar-refractivity contribution is -0.139. The normalized spacial score (nSPS) is 16.8. The van der Waals surface area contributed by atoms with E-state index in [4.69, 9.17) is 0 Å². The number of amides is 2. The summed E-state index contributed by atoms with van der Waals surface area (Å²) in [6.07, 6.45) is 4.55. The van der Waals surface area contributed by atoms with Crippen molar-refractivity contribution in [3.8, 4) is 0 Å². The molecule has 0 saturated carbocycles. The lowest BCUT2D eigenvalue weighted by Crippen LogP contribution is -2.46. The van der Waals surface area contributed by atoms with E-state index in [1.54, 1.807) is 28.6 Å². The van der Waals surface area contributed by atoms with Crippen molar-refractivity contribution in [2.24, 2.45) is 0 Å². The smallest absolute Gasteiger partial charge is 0.309 e. The molecule has 0 aliphatic carbocycles. The van der Waals surface area contributed by atoms with Crippen LogP contribution in [0.4, 0.5) is 0 Å². The predicted octanol–water partition coefficient (Wildman–Crippen LogP) is 2.79. The van der Waals surface area contributed by atoms with E-state index in [9.17, 15) is 18.0 Å². The molecule has 8 heteroatoms. The van der Waals surface area contributed by atoms with E-state index in [0.29, 0.717) is 24.4 Å². The first-order valence-corrected chi connectivity index (χ1v) is 13.0. The highest BCUT2D eigenvalue weighted by Gasteiger charge is 2.33. The number of carbonyl (C=O) groups excluding carboxylic acids is 2. The summed E-state index contributed by atoms with van der Waals surface area (Å²) in [6.45, 7) is 3.06. The Balaban J connectivity index is 1.44. The van der Waals surface area contributed by atoms with Crippen LogP contribution in [-0.2, 0) is 26.0 Å². The Morgan fingerprint density at radius 2 is 1.61 bits per heavy atom. The molecule has 7 nitrogen and oxygen atoms in total. The Kier molecular flexibility index (Phi) is 9.03. The number of sulfonamides is 1. The fraction of sp³-hybridized carbons (Fsp3) is 0.440. The van der Waals surface area contributed by atoms with Crippen molar-refractivity contribution < 1.29 is 18.0 Å². The van der Waals surface area contributed by atoms with Crippen LogP contribution in [0.1, 0.15) is 43.2 Å². The van der Waals surface area contributed by atoms with Crippen molar-refractivity contribution in [1.29, 1.82) is 0 Å². The molecule has 0 aromatic heterocycles. The quantitative estimate of drug-likeness (QED) is 0.434. The second-order valence-corrected chi connectivity index (χ2v) is 10.4. The zero-order chi connectivity index (χ0) is 23.7. The second kappa shape index (κ2) is 12.0. The zero-order valence-electron chi connectivity index (χ0n) is 19.1. The largest absolute Gasteiger partial charge is 0.348 e. The highest BCUT2D eigenvalue weighted by Crippen LogP contribution is 2.27. The number of hydrogen-bond acceptors (Lipinski definition) is 4. The number of aryl methyl sites for hydroxylation is 2. The van der Waals surface area contributed by atoms with Crippen molar-refractivity contribution in [3.63, 3.8) is 0 Å². The Bertz CT molecular complexity index is 1020. The number of piperidine rings is 1. The standard InChI is InChI=1S/C25H33N3O4S/c1-20-12-14-23(15-13-20)33(31,32)28-19-6-5-11-22(28)16-18-27-25(30)24(29)26-17-7-10-21-8-3-2-4-9-21/h2-4,8-9,12-15,22H,5-7,10-11,16-19H2,1H3,(H,26,29)(H,27,30)/t22-/m1/s1. The average Bonchev–Trinajstić information content (AvgIpc) is 2.83. The van der Waals surface area contributed by atoms with Gasteiger partial charge in [-0.2, -0.15) is 4.31 Å². The van der Waals surface area contributed by atoms with Gasteiger partial charge in [0.05, 0.1) is 4.90 Å². The first-order chi connectivity index (χ1) is 15.9. The third-order valence-corrected chi connectivity index (χ3v) is 7.91. The molecule has 2 N–H and O–H groups in total. The minimum atomic E-state index is -3.59. The SMILES string of the molecule is Cc1ccc(S(=O)(=O)N2CCCC[C@@H]2CCNC(=O)C(=O)NCCCc2ccccc2)cc1. The molecule has 0 unspecified atom stereocenters. The van der Waals surface area contributed by atoms with Crippen LogP contribution in [0.15, 0.2) is 59.5 Å². The summed E-state index contributed by atoms with van der Waals surface area (Å²) in [6, 6.07) is 16.6. The Morgan fingerprint density at radius 3 is 2.30 bits per heavy atom. The fourth-order valence-electron chi connectivity index (χ4n) is 4.08. The minimum absolute atomic E-state index is 0.195. The Labute approximate surface area is 196 Å². The van der Waals surface area contributed by atoms with Gasteiger partial charge in [0.25, 0.3) is 0 Å². The van der Waals surface area contributed by atoms with Crippen LogP contribution in [0.5, 0.6) is 0 Å². The van der Waals surface area contributed by atoms with Crippen LogP contribution in [0.2, 0.25) is 0 Å². The number of hydrogen-bond donors (Lipinski definition) is 2. The van der Waals surface area contributed by atoms with Crippen LogP contribution >= 0.6 is 0 Å². The summed E-state index contributed by atoms with van der Waals surface area (Å²) < 4.78 is 27.8. The molecule has 2 aromatic carbocycles. The van der Waals surface area contributed by atoms with Crippen LogP contribution in [0.3, 0.4) is 0 Å². The van der Waals surface area contributed by atoms with E-state index in [1.807, 2.05) is 37.3 Å². The summed E-state index contributed by atoms with van der Waals surface area (Å²) in [5, 5.41) is 5.28. The number of carbonyl (C=O) groups is 2. The Hall–Kier alpha value is -2.71. The van der Waals surface area contributed by atoms with Gasteiger partial charge in [-0.1, -0.05) is 54.4 Å². The van der Waals surface area contributed by atoms with Crippen LogP contribution in [-0.4, -0.2) is 50.2 Å². The van der Waals surface area contributed by atoms with Crippen LogP contribution < -0.4 is 10.6 Å². The molecule has 3 rings (SSSR count). The first kappa shape index (κ1) is 24.9. The topological polar surface area (TPSA) is 95.6 Å². The lowest BCUT2D eigenvalue weighted by atomic mass is 10.0. The van der Waals surface area contributed by atoms with Gasteiger partial charge in [-0.15, -0.1) is 0 Å². The molecule has 0 spiro atoms. The van der Waals surface area contributed by atoms with Gasteiger partial charge >= 0.3 is 11.8 Å². The first-order valence-electron chi connectivity index (χ1n) is 11.6. The number of benzene rings is 2. The molecule has 1 saturated heterocycles. The molecule has 33 heavy (non-hydrogen) atoms. The fourth-order valence-corrected chi connectivity index (χ4v) is 5.80. The molecular weight excluding hydrogens is 438 g/mol. The Morgan fingerprint density at radius 1 is 0.939 bits per heavy atom. The molecule has 0 bridgehead atoms. The van der Waals surface area contributed by atoms with E-state index in [2.05, 4.69) is 10.6 Å². The molecule has 0 radical (unpaired) electrons. The minimum Gasteiger partial charge on any atom is -0.348 e. The molecule has 1 aliphatic rings. The van der Waals surface area contributed by atoms with Gasteiger partial charge < -0.3 is 10.6 Å². The molecule has 1 aliphatic heterocycles. The van der Waals surface area contributed by atoms with Gasteiger partial charge in [0.2, 0.25) is 10.0 Å². The number of nitrogens with one attached hydrogen (secondary N) is 2. The summed E-state index contributed by atoms with van der Waals surface area (Å²) in [5.74, 6) is -1.34. The number of rotatable bonds is 9. The van der Waals surface area contributed by atoms with Crippen LogP contribution in [0.25, 0.3) is 0 Å². The molecule has 1 fully saturated rings. The molecule has 178 valence electrons. The maximum atomic E-state index is 13.1. The lowest BCUT2D eigenvalue weighted by Gasteiger charge is -2.34. The molecule has 1 heterocycles. The van der Waals surface area contributed by atoms with E-state index < -0.39 is 21.8 Å². The third-order valence-electron chi connectivity index (χ3n) is 5.94. The molecule has 2 amide bonds. The van der Waals surface area contributed by atoms with E-state index in [0.717, 1.165) is 37.7 Å². The highest BCUT2D eigenvalue weighted by atomic mass is 32.2. The molecule has 1 atom stereocenters. The van der Waals surface area contributed by atoms with Crippen LogP contribution in [0, 0.1) is 6.92 Å². The van der Waals surface area contributed by atoms with E-state index in [-0.39, 0.29) is 12.6 Å².